The van der Waals surface area contributed by atoms with Crippen LogP contribution in [0.15, 0.2) is 28.7 Å². The first-order chi connectivity index (χ1) is 7.31. The molecule has 0 N–H and O–H groups in total. The standard InChI is InChI=1S/C10H7N2O3.W/c1-14-10(13)8-4-2-3-7(5-8)9-12-11-6-15-9;/h2-5H,1H3;/q-1;. The Morgan fingerprint density at radius 3 is 2.94 bits per heavy atom. The maximum absolute atomic E-state index is 11.2. The predicted molar refractivity (Wildman–Crippen MR) is 49.9 cm³/mol. The zero-order chi connectivity index (χ0) is 10.7. The van der Waals surface area contributed by atoms with Gasteiger partial charge in [0.15, 0.2) is 0 Å². The normalized spacial score (nSPS) is 9.31. The minimum Gasteiger partial charge on any atom is -0.609 e. The van der Waals surface area contributed by atoms with E-state index in [2.05, 4.69) is 21.3 Å². The number of rotatable bonds is 2. The summed E-state index contributed by atoms with van der Waals surface area (Å²) in [6.07, 6.45) is 2.24. The number of nitrogens with zero attached hydrogens (tertiary/aromatic N) is 2. The summed E-state index contributed by atoms with van der Waals surface area (Å²) in [6, 6.07) is 6.74. The molecule has 16 heavy (non-hydrogen) atoms. The molecule has 0 fully saturated rings. The summed E-state index contributed by atoms with van der Waals surface area (Å²) in [4.78, 5) is 11.2. The van der Waals surface area contributed by atoms with Crippen LogP contribution >= 0.6 is 0 Å². The zero-order valence-corrected chi connectivity index (χ0v) is 11.3. The van der Waals surface area contributed by atoms with Crippen molar-refractivity contribution in [2.24, 2.45) is 0 Å². The van der Waals surface area contributed by atoms with Gasteiger partial charge in [0.05, 0.1) is 25.0 Å². The van der Waals surface area contributed by atoms with Crippen LogP contribution in [0.2, 0.25) is 0 Å². The largest absolute Gasteiger partial charge is 0.609 e. The van der Waals surface area contributed by atoms with Crippen molar-refractivity contribution in [1.82, 2.24) is 10.2 Å². The van der Waals surface area contributed by atoms with Crippen LogP contribution in [-0.2, 0) is 25.8 Å². The molecule has 2 rings (SSSR count). The Bertz CT molecular complexity index is 471. The molecule has 0 unspecified atom stereocenters. The number of hydrogen-bond donors (Lipinski definition) is 0. The molecular formula is C10H7N2O3W-. The van der Waals surface area contributed by atoms with E-state index < -0.39 is 5.97 Å². The molecule has 1 aromatic carbocycles. The van der Waals surface area contributed by atoms with E-state index in [4.69, 9.17) is 4.42 Å². The zero-order valence-electron chi connectivity index (χ0n) is 8.34. The van der Waals surface area contributed by atoms with Crippen molar-refractivity contribution in [1.29, 1.82) is 0 Å². The van der Waals surface area contributed by atoms with E-state index >= 15 is 0 Å². The van der Waals surface area contributed by atoms with Crippen LogP contribution < -0.4 is 0 Å². The molecule has 0 aliphatic rings. The third-order valence-corrected chi connectivity index (χ3v) is 1.85. The Morgan fingerprint density at radius 2 is 2.31 bits per heavy atom. The summed E-state index contributed by atoms with van der Waals surface area (Å²) in [5.41, 5.74) is 1.10. The van der Waals surface area contributed by atoms with Gasteiger partial charge in [-0.1, -0.05) is 18.2 Å². The Hall–Kier alpha value is -1.48. The maximum Gasteiger partial charge on any atom is 0.337 e. The first-order valence-corrected chi connectivity index (χ1v) is 4.19. The molecule has 0 saturated heterocycles. The van der Waals surface area contributed by atoms with Gasteiger partial charge in [0, 0.05) is 21.1 Å². The van der Waals surface area contributed by atoms with Crippen molar-refractivity contribution in [3.8, 4) is 11.5 Å². The summed E-state index contributed by atoms with van der Waals surface area (Å²) < 4.78 is 9.48. The molecule has 82 valence electrons. The van der Waals surface area contributed by atoms with Crippen molar-refractivity contribution in [2.75, 3.05) is 7.11 Å². The van der Waals surface area contributed by atoms with Crippen LogP contribution in [0.1, 0.15) is 10.4 Å². The van der Waals surface area contributed by atoms with E-state index in [0.717, 1.165) is 0 Å². The van der Waals surface area contributed by atoms with Gasteiger partial charge >= 0.3 is 5.97 Å². The number of carbonyl (C=O) groups is 1. The fraction of sp³-hybridized carbons (Fsp3) is 0.100. The van der Waals surface area contributed by atoms with E-state index in [-0.39, 0.29) is 21.1 Å². The number of carbonyl (C=O) groups excluding carboxylic acids is 1. The molecule has 1 aromatic heterocycles. The van der Waals surface area contributed by atoms with E-state index in [1.807, 2.05) is 0 Å². The van der Waals surface area contributed by atoms with Crippen molar-refractivity contribution in [2.45, 2.75) is 0 Å². The van der Waals surface area contributed by atoms with Crippen LogP contribution in [0.25, 0.3) is 11.5 Å². The second-order valence-electron chi connectivity index (χ2n) is 2.77. The Balaban J connectivity index is 0.00000128. The summed E-state index contributed by atoms with van der Waals surface area (Å²) >= 11 is 0. The van der Waals surface area contributed by atoms with Crippen LogP contribution in [0.3, 0.4) is 0 Å². The van der Waals surface area contributed by atoms with Gasteiger partial charge in [-0.25, -0.2) is 15.0 Å². The molecule has 0 spiro atoms. The third kappa shape index (κ3) is 2.55. The number of ether oxygens (including phenoxy) is 1. The molecule has 0 saturated carbocycles. The number of benzene rings is 1. The van der Waals surface area contributed by atoms with Gasteiger partial charge in [-0.15, -0.1) is 0 Å². The Kier molecular flexibility index (Phi) is 4.37. The SMILES string of the molecule is COC(=O)c1cccc(-c2nn[c-]o2)c1.[W]. The van der Waals surface area contributed by atoms with E-state index in [1.165, 1.54) is 7.11 Å². The van der Waals surface area contributed by atoms with Crippen molar-refractivity contribution in [3.63, 3.8) is 0 Å². The molecular weight excluding hydrogens is 380 g/mol. The third-order valence-electron chi connectivity index (χ3n) is 1.85. The molecule has 0 radical (unpaired) electrons. The second kappa shape index (κ2) is 5.56. The molecule has 0 bridgehead atoms. The van der Waals surface area contributed by atoms with Gasteiger partial charge in [0.2, 0.25) is 0 Å². The minimum atomic E-state index is -0.402. The molecule has 0 aliphatic carbocycles. The first kappa shape index (κ1) is 12.6. The fourth-order valence-electron chi connectivity index (χ4n) is 1.16. The van der Waals surface area contributed by atoms with Gasteiger partial charge < -0.3 is 9.15 Å². The molecule has 0 atom stereocenters. The molecule has 2 aromatic rings. The van der Waals surface area contributed by atoms with E-state index in [1.54, 1.807) is 24.3 Å². The predicted octanol–water partition coefficient (Wildman–Crippen LogP) is 1.32. The smallest absolute Gasteiger partial charge is 0.337 e. The Morgan fingerprint density at radius 1 is 1.50 bits per heavy atom. The number of methoxy groups -OCH3 is 1. The van der Waals surface area contributed by atoms with Gasteiger partial charge in [-0.3, -0.25) is 0 Å². The molecule has 6 heteroatoms. The molecule has 5 nitrogen and oxygen atoms in total. The van der Waals surface area contributed by atoms with Crippen LogP contribution in [0.5, 0.6) is 0 Å². The van der Waals surface area contributed by atoms with Crippen molar-refractivity contribution in [3.05, 3.63) is 36.2 Å². The van der Waals surface area contributed by atoms with E-state index in [9.17, 15) is 4.79 Å². The average molecular weight is 387 g/mol. The summed E-state index contributed by atoms with van der Waals surface area (Å²) in [7, 11) is 1.33. The molecule has 0 aliphatic heterocycles. The minimum absolute atomic E-state index is 0. The van der Waals surface area contributed by atoms with Gasteiger partial charge in [0.1, 0.15) is 0 Å². The van der Waals surface area contributed by atoms with Crippen LogP contribution in [-0.4, -0.2) is 23.3 Å². The maximum atomic E-state index is 11.2. The van der Waals surface area contributed by atoms with Crippen molar-refractivity contribution >= 4 is 5.97 Å². The average Bonchev–Trinajstić information content (AvgIpc) is 2.82. The summed E-state index contributed by atoms with van der Waals surface area (Å²) in [6.45, 7) is 0. The molecule has 0 amide bonds. The second-order valence-corrected chi connectivity index (χ2v) is 2.77. The number of esters is 1. The number of hydrogen-bond acceptors (Lipinski definition) is 5. The molecule has 1 heterocycles. The topological polar surface area (TPSA) is 65.2 Å². The van der Waals surface area contributed by atoms with Crippen LogP contribution in [0, 0.1) is 6.39 Å². The first-order valence-electron chi connectivity index (χ1n) is 4.19. The van der Waals surface area contributed by atoms with E-state index in [0.29, 0.717) is 17.0 Å². The quantitative estimate of drug-likeness (QED) is 0.575. The van der Waals surface area contributed by atoms with Gasteiger partial charge in [0.25, 0.3) is 0 Å². The van der Waals surface area contributed by atoms with Gasteiger partial charge in [-0.2, -0.15) is 0 Å². The summed E-state index contributed by atoms with van der Waals surface area (Å²) in [5, 5.41) is 7.12. The van der Waals surface area contributed by atoms with Gasteiger partial charge in [-0.05, 0) is 11.6 Å². The van der Waals surface area contributed by atoms with Crippen LogP contribution in [0.4, 0.5) is 0 Å². The Labute approximate surface area is 106 Å². The monoisotopic (exact) mass is 387 g/mol. The fourth-order valence-corrected chi connectivity index (χ4v) is 1.16. The van der Waals surface area contributed by atoms with Crippen molar-refractivity contribution < 1.29 is 35.0 Å². The summed E-state index contributed by atoms with van der Waals surface area (Å²) in [5.74, 6) is -0.0823. The number of aromatic nitrogens is 2.